The number of hydrogen-bond acceptors (Lipinski definition) is 5. The highest BCUT2D eigenvalue weighted by Gasteiger charge is 1.95. The van der Waals surface area contributed by atoms with Gasteiger partial charge >= 0.3 is 0 Å². The van der Waals surface area contributed by atoms with Gasteiger partial charge in [-0.2, -0.15) is 0 Å². The van der Waals surface area contributed by atoms with E-state index >= 15 is 0 Å². The van der Waals surface area contributed by atoms with Crippen LogP contribution in [0.5, 0.6) is 0 Å². The molecule has 0 saturated carbocycles. The Morgan fingerprint density at radius 2 is 1.33 bits per heavy atom. The molecule has 0 aromatic rings. The average molecular weight is 222 g/mol. The van der Waals surface area contributed by atoms with E-state index in [1.165, 1.54) is 0 Å². The summed E-state index contributed by atoms with van der Waals surface area (Å²) in [4.78, 5) is 0. The van der Waals surface area contributed by atoms with Crippen molar-refractivity contribution in [2.75, 3.05) is 53.4 Å². The largest absolute Gasteiger partial charge is 0.391 e. The minimum absolute atomic E-state index is 0.355. The number of rotatable bonds is 11. The topological polar surface area (TPSA) is 57.2 Å². The molecule has 0 saturated heterocycles. The van der Waals surface area contributed by atoms with Gasteiger partial charge in [-0.15, -0.1) is 0 Å². The second-order valence-corrected chi connectivity index (χ2v) is 3.14. The lowest BCUT2D eigenvalue weighted by Gasteiger charge is -2.07. The van der Waals surface area contributed by atoms with Crippen LogP contribution in [0, 0.1) is 0 Å². The fourth-order valence-corrected chi connectivity index (χ4v) is 0.836. The van der Waals surface area contributed by atoms with Crippen LogP contribution < -0.4 is 0 Å². The second kappa shape index (κ2) is 11.9. The van der Waals surface area contributed by atoms with E-state index in [1.807, 2.05) is 0 Å². The molecule has 0 fully saturated rings. The highest BCUT2D eigenvalue weighted by molar-refractivity contribution is 4.41. The number of ether oxygens (including phenoxy) is 4. The van der Waals surface area contributed by atoms with Gasteiger partial charge in [0.1, 0.15) is 0 Å². The molecule has 0 bridgehead atoms. The van der Waals surface area contributed by atoms with Gasteiger partial charge in [0.25, 0.3) is 0 Å². The van der Waals surface area contributed by atoms with Crippen LogP contribution in [0.3, 0.4) is 0 Å². The van der Waals surface area contributed by atoms with Crippen molar-refractivity contribution in [3.8, 4) is 0 Å². The first-order chi connectivity index (χ1) is 7.27. The molecule has 0 radical (unpaired) electrons. The molecule has 5 nitrogen and oxygen atoms in total. The first-order valence-electron chi connectivity index (χ1n) is 5.17. The van der Waals surface area contributed by atoms with Gasteiger partial charge in [0.05, 0.1) is 52.4 Å². The Balaban J connectivity index is 2.87. The predicted molar refractivity (Wildman–Crippen MR) is 56.0 cm³/mol. The summed E-state index contributed by atoms with van der Waals surface area (Å²) < 4.78 is 20.3. The molecule has 15 heavy (non-hydrogen) atoms. The molecule has 0 amide bonds. The van der Waals surface area contributed by atoms with Crippen molar-refractivity contribution in [3.63, 3.8) is 0 Å². The third kappa shape index (κ3) is 13.8. The molecule has 0 heterocycles. The zero-order valence-corrected chi connectivity index (χ0v) is 9.61. The average Bonchev–Trinajstić information content (AvgIpc) is 2.20. The van der Waals surface area contributed by atoms with Gasteiger partial charge in [0.15, 0.2) is 0 Å². The Bertz CT molecular complexity index is 118. The summed E-state index contributed by atoms with van der Waals surface area (Å²) in [6.07, 6.45) is -0.414. The first kappa shape index (κ1) is 14.8. The minimum atomic E-state index is -0.414. The molecule has 0 rings (SSSR count). The van der Waals surface area contributed by atoms with Crippen LogP contribution in [0.2, 0.25) is 0 Å². The van der Waals surface area contributed by atoms with Crippen LogP contribution in [-0.2, 0) is 18.9 Å². The lowest BCUT2D eigenvalue weighted by atomic mass is 10.4. The molecule has 0 aliphatic heterocycles. The Labute approximate surface area is 91.3 Å². The van der Waals surface area contributed by atoms with Gasteiger partial charge in [-0.25, -0.2) is 0 Å². The van der Waals surface area contributed by atoms with E-state index in [1.54, 1.807) is 14.0 Å². The van der Waals surface area contributed by atoms with Crippen molar-refractivity contribution >= 4 is 0 Å². The Hall–Kier alpha value is -0.200. The Morgan fingerprint density at radius 1 is 0.867 bits per heavy atom. The smallest absolute Gasteiger partial charge is 0.0745 e. The number of aliphatic hydroxyl groups excluding tert-OH is 1. The third-order valence-electron chi connectivity index (χ3n) is 1.53. The summed E-state index contributed by atoms with van der Waals surface area (Å²) in [5.74, 6) is 0. The van der Waals surface area contributed by atoms with E-state index in [0.717, 1.165) is 0 Å². The van der Waals surface area contributed by atoms with Gasteiger partial charge in [0.2, 0.25) is 0 Å². The number of hydrogen-bond donors (Lipinski definition) is 1. The van der Waals surface area contributed by atoms with E-state index in [2.05, 4.69) is 0 Å². The molecule has 5 heteroatoms. The van der Waals surface area contributed by atoms with Crippen LogP contribution in [0.25, 0.3) is 0 Å². The van der Waals surface area contributed by atoms with Crippen molar-refractivity contribution in [1.29, 1.82) is 0 Å². The third-order valence-corrected chi connectivity index (χ3v) is 1.53. The van der Waals surface area contributed by atoms with E-state index in [4.69, 9.17) is 24.1 Å². The zero-order chi connectivity index (χ0) is 11.4. The van der Waals surface area contributed by atoms with Crippen LogP contribution in [-0.4, -0.2) is 64.6 Å². The summed E-state index contributed by atoms with van der Waals surface area (Å²) >= 11 is 0. The summed E-state index contributed by atoms with van der Waals surface area (Å²) in [5.41, 5.74) is 0. The SMILES string of the molecule is COCCOCCOCCOC[C@@H](C)O. The van der Waals surface area contributed by atoms with E-state index in [9.17, 15) is 0 Å². The summed E-state index contributed by atoms with van der Waals surface area (Å²) in [5, 5.41) is 8.88. The van der Waals surface area contributed by atoms with Crippen molar-refractivity contribution < 1.29 is 24.1 Å². The van der Waals surface area contributed by atoms with Crippen LogP contribution >= 0.6 is 0 Å². The van der Waals surface area contributed by atoms with Crippen LogP contribution in [0.1, 0.15) is 6.92 Å². The molecule has 0 aromatic carbocycles. The van der Waals surface area contributed by atoms with Gasteiger partial charge < -0.3 is 24.1 Å². The lowest BCUT2D eigenvalue weighted by molar-refractivity contribution is -0.0112. The van der Waals surface area contributed by atoms with Gasteiger partial charge in [-0.1, -0.05) is 0 Å². The lowest BCUT2D eigenvalue weighted by Crippen LogP contribution is -2.15. The van der Waals surface area contributed by atoms with Gasteiger partial charge in [-0.05, 0) is 6.92 Å². The quantitative estimate of drug-likeness (QED) is 0.501. The van der Waals surface area contributed by atoms with Crippen LogP contribution in [0.4, 0.5) is 0 Å². The molecule has 1 atom stereocenters. The van der Waals surface area contributed by atoms with Gasteiger partial charge in [0, 0.05) is 7.11 Å². The monoisotopic (exact) mass is 222 g/mol. The number of methoxy groups -OCH3 is 1. The highest BCUT2D eigenvalue weighted by atomic mass is 16.6. The normalized spacial score (nSPS) is 13.0. The molecule has 0 spiro atoms. The van der Waals surface area contributed by atoms with Crippen molar-refractivity contribution in [2.45, 2.75) is 13.0 Å². The Kier molecular flexibility index (Phi) is 11.7. The molecule has 0 aromatic heterocycles. The maximum absolute atomic E-state index is 8.88. The highest BCUT2D eigenvalue weighted by Crippen LogP contribution is 1.84. The van der Waals surface area contributed by atoms with E-state index in [-0.39, 0.29) is 0 Å². The summed E-state index contributed by atoms with van der Waals surface area (Å²) in [6, 6.07) is 0. The Morgan fingerprint density at radius 3 is 1.80 bits per heavy atom. The fourth-order valence-electron chi connectivity index (χ4n) is 0.836. The van der Waals surface area contributed by atoms with Crippen molar-refractivity contribution in [3.05, 3.63) is 0 Å². The number of aliphatic hydroxyl groups is 1. The van der Waals surface area contributed by atoms with Crippen molar-refractivity contribution in [1.82, 2.24) is 0 Å². The molecular formula is C10H22O5. The summed E-state index contributed by atoms with van der Waals surface area (Å²) in [6.45, 7) is 5.40. The minimum Gasteiger partial charge on any atom is -0.391 e. The van der Waals surface area contributed by atoms with E-state index in [0.29, 0.717) is 46.2 Å². The fraction of sp³-hybridized carbons (Fsp3) is 1.00. The predicted octanol–water partition coefficient (Wildman–Crippen LogP) is 0.0634. The molecule has 1 N–H and O–H groups in total. The molecule has 0 aliphatic rings. The molecule has 0 aliphatic carbocycles. The first-order valence-corrected chi connectivity index (χ1v) is 5.17. The van der Waals surface area contributed by atoms with E-state index < -0.39 is 6.10 Å². The maximum atomic E-state index is 8.88. The molecule has 92 valence electrons. The van der Waals surface area contributed by atoms with Crippen LogP contribution in [0.15, 0.2) is 0 Å². The summed E-state index contributed by atoms with van der Waals surface area (Å²) in [7, 11) is 1.64. The second-order valence-electron chi connectivity index (χ2n) is 3.14. The van der Waals surface area contributed by atoms with Gasteiger partial charge in [-0.3, -0.25) is 0 Å². The maximum Gasteiger partial charge on any atom is 0.0745 e. The molecule has 0 unspecified atom stereocenters. The zero-order valence-electron chi connectivity index (χ0n) is 9.61. The standard InChI is InChI=1S/C10H22O5/c1-10(11)9-15-8-7-14-6-5-13-4-3-12-2/h10-11H,3-9H2,1-2H3/t10-/m1/s1. The van der Waals surface area contributed by atoms with Crippen molar-refractivity contribution in [2.24, 2.45) is 0 Å². The molecular weight excluding hydrogens is 200 g/mol.